The summed E-state index contributed by atoms with van der Waals surface area (Å²) in [6, 6.07) is 22.3. The normalized spacial score (nSPS) is 9.60. The van der Waals surface area contributed by atoms with E-state index in [2.05, 4.69) is 29.0 Å². The average Bonchev–Trinajstić information content (AvgIpc) is 2.55. The third-order valence-corrected chi connectivity index (χ3v) is 3.02. The molecule has 0 radical (unpaired) electrons. The van der Waals surface area contributed by atoms with Crippen LogP contribution in [0, 0.1) is 11.8 Å². The van der Waals surface area contributed by atoms with Crippen molar-refractivity contribution in [3.8, 4) is 23.0 Å². The van der Waals surface area contributed by atoms with Gasteiger partial charge in [-0.2, -0.15) is 0 Å². The molecule has 3 aromatic rings. The topological polar surface area (TPSA) is 12.9 Å². The Kier molecular flexibility index (Phi) is 3.57. The van der Waals surface area contributed by atoms with E-state index in [4.69, 9.17) is 0 Å². The van der Waals surface area contributed by atoms with E-state index in [-0.39, 0.29) is 0 Å². The van der Waals surface area contributed by atoms with Crippen LogP contribution in [0.2, 0.25) is 0 Å². The fourth-order valence-corrected chi connectivity index (χ4v) is 1.96. The van der Waals surface area contributed by atoms with Gasteiger partial charge in [-0.05, 0) is 47.5 Å². The Labute approximate surface area is 118 Å². The maximum absolute atomic E-state index is 4.03. The average molecular weight is 255 g/mol. The first-order chi connectivity index (χ1) is 9.92. The van der Waals surface area contributed by atoms with Gasteiger partial charge in [-0.3, -0.25) is 4.98 Å². The molecule has 20 heavy (non-hydrogen) atoms. The third-order valence-electron chi connectivity index (χ3n) is 3.02. The molecule has 0 aliphatic rings. The van der Waals surface area contributed by atoms with Crippen molar-refractivity contribution in [2.75, 3.05) is 0 Å². The lowest BCUT2D eigenvalue weighted by atomic mass is 10.1. The zero-order valence-electron chi connectivity index (χ0n) is 11.0. The molecule has 0 N–H and O–H groups in total. The summed E-state index contributed by atoms with van der Waals surface area (Å²) in [6.45, 7) is 0. The lowest BCUT2D eigenvalue weighted by molar-refractivity contribution is 1.33. The summed E-state index contributed by atoms with van der Waals surface area (Å²) in [4.78, 5) is 4.03. The molecule has 0 unspecified atom stereocenters. The second kappa shape index (κ2) is 5.86. The Morgan fingerprint density at radius 1 is 0.550 bits per heavy atom. The number of pyridine rings is 1. The number of rotatable bonds is 1. The molecule has 0 aliphatic carbocycles. The van der Waals surface area contributed by atoms with Crippen LogP contribution in [0.1, 0.15) is 11.1 Å². The summed E-state index contributed by atoms with van der Waals surface area (Å²) in [5.41, 5.74) is 4.40. The molecule has 2 aromatic carbocycles. The molecular formula is C19H13N. The van der Waals surface area contributed by atoms with E-state index in [0.717, 1.165) is 11.1 Å². The summed E-state index contributed by atoms with van der Waals surface area (Å²) < 4.78 is 0. The number of aromatic nitrogens is 1. The minimum atomic E-state index is 1.02. The smallest absolute Gasteiger partial charge is 0.0273 e. The maximum atomic E-state index is 4.03. The van der Waals surface area contributed by atoms with Crippen molar-refractivity contribution in [3.63, 3.8) is 0 Å². The molecule has 1 heterocycles. The Morgan fingerprint density at radius 2 is 1.10 bits per heavy atom. The zero-order valence-corrected chi connectivity index (χ0v) is 11.0. The Bertz CT molecular complexity index is 733. The quantitative estimate of drug-likeness (QED) is 0.595. The van der Waals surface area contributed by atoms with Gasteiger partial charge in [-0.15, -0.1) is 0 Å². The van der Waals surface area contributed by atoms with Crippen molar-refractivity contribution in [2.45, 2.75) is 0 Å². The Morgan fingerprint density at radius 3 is 1.75 bits per heavy atom. The molecular weight excluding hydrogens is 242 g/mol. The van der Waals surface area contributed by atoms with Gasteiger partial charge >= 0.3 is 0 Å². The van der Waals surface area contributed by atoms with E-state index in [1.54, 1.807) is 12.4 Å². The molecule has 0 aliphatic heterocycles. The highest BCUT2D eigenvalue weighted by Gasteiger charge is 1.95. The molecule has 0 amide bonds. The summed E-state index contributed by atoms with van der Waals surface area (Å²) in [6.07, 6.45) is 3.61. The molecule has 0 bridgehead atoms. The van der Waals surface area contributed by atoms with Crippen LogP contribution >= 0.6 is 0 Å². The van der Waals surface area contributed by atoms with Gasteiger partial charge in [0.2, 0.25) is 0 Å². The molecule has 1 aromatic heterocycles. The molecule has 0 spiro atoms. The third kappa shape index (κ3) is 2.93. The molecule has 0 saturated carbocycles. The molecule has 3 rings (SSSR count). The summed E-state index contributed by atoms with van der Waals surface area (Å²) in [5.74, 6) is 6.34. The number of nitrogens with zero attached hydrogens (tertiary/aromatic N) is 1. The molecule has 1 heteroatoms. The minimum absolute atomic E-state index is 1.02. The van der Waals surface area contributed by atoms with Crippen LogP contribution in [0.25, 0.3) is 11.1 Å². The van der Waals surface area contributed by atoms with E-state index in [1.165, 1.54) is 11.1 Å². The van der Waals surface area contributed by atoms with Crippen LogP contribution in [-0.2, 0) is 0 Å². The van der Waals surface area contributed by atoms with Crippen molar-refractivity contribution < 1.29 is 0 Å². The van der Waals surface area contributed by atoms with Crippen molar-refractivity contribution >= 4 is 0 Å². The standard InChI is InChI=1S/C19H13N/c1-2-4-16(5-3-1)6-7-17-8-10-18(11-9-17)19-12-14-20-15-13-19/h1-5,8-15H. The van der Waals surface area contributed by atoms with Gasteiger partial charge in [0, 0.05) is 23.5 Å². The van der Waals surface area contributed by atoms with Gasteiger partial charge in [-0.1, -0.05) is 42.2 Å². The van der Waals surface area contributed by atoms with E-state index in [9.17, 15) is 0 Å². The zero-order chi connectivity index (χ0) is 13.6. The number of hydrogen-bond donors (Lipinski definition) is 0. The number of benzene rings is 2. The van der Waals surface area contributed by atoms with E-state index in [0.29, 0.717) is 0 Å². The van der Waals surface area contributed by atoms with Gasteiger partial charge in [0.15, 0.2) is 0 Å². The van der Waals surface area contributed by atoms with Gasteiger partial charge in [0.25, 0.3) is 0 Å². The highest BCUT2D eigenvalue weighted by Crippen LogP contribution is 2.18. The largest absolute Gasteiger partial charge is 0.265 e. The highest BCUT2D eigenvalue weighted by atomic mass is 14.6. The Balaban J connectivity index is 1.83. The van der Waals surface area contributed by atoms with Crippen molar-refractivity contribution in [1.82, 2.24) is 4.98 Å². The van der Waals surface area contributed by atoms with E-state index >= 15 is 0 Å². The first-order valence-corrected chi connectivity index (χ1v) is 6.49. The van der Waals surface area contributed by atoms with Crippen LogP contribution < -0.4 is 0 Å². The lowest BCUT2D eigenvalue weighted by Gasteiger charge is -2.00. The van der Waals surface area contributed by atoms with Gasteiger partial charge in [0.05, 0.1) is 0 Å². The number of hydrogen-bond acceptors (Lipinski definition) is 1. The SMILES string of the molecule is C(#Cc1ccc(-c2ccncc2)cc1)c1ccccc1. The predicted octanol–water partition coefficient (Wildman–Crippen LogP) is 4.15. The monoisotopic (exact) mass is 255 g/mol. The van der Waals surface area contributed by atoms with Crippen molar-refractivity contribution in [3.05, 3.63) is 90.3 Å². The maximum Gasteiger partial charge on any atom is 0.0273 e. The molecule has 1 nitrogen and oxygen atoms in total. The highest BCUT2D eigenvalue weighted by molar-refractivity contribution is 5.63. The second-order valence-electron chi connectivity index (χ2n) is 4.43. The summed E-state index contributed by atoms with van der Waals surface area (Å²) in [7, 11) is 0. The molecule has 0 saturated heterocycles. The Hall–Kier alpha value is -2.85. The van der Waals surface area contributed by atoms with Crippen LogP contribution in [-0.4, -0.2) is 4.98 Å². The van der Waals surface area contributed by atoms with Crippen LogP contribution in [0.4, 0.5) is 0 Å². The minimum Gasteiger partial charge on any atom is -0.265 e. The molecule has 0 fully saturated rings. The van der Waals surface area contributed by atoms with Gasteiger partial charge in [0.1, 0.15) is 0 Å². The van der Waals surface area contributed by atoms with Gasteiger partial charge < -0.3 is 0 Å². The second-order valence-corrected chi connectivity index (χ2v) is 4.43. The van der Waals surface area contributed by atoms with Crippen molar-refractivity contribution in [1.29, 1.82) is 0 Å². The van der Waals surface area contributed by atoms with Crippen LogP contribution in [0.5, 0.6) is 0 Å². The molecule has 0 atom stereocenters. The summed E-state index contributed by atoms with van der Waals surface area (Å²) in [5, 5.41) is 0. The van der Waals surface area contributed by atoms with Crippen molar-refractivity contribution in [2.24, 2.45) is 0 Å². The lowest BCUT2D eigenvalue weighted by Crippen LogP contribution is -1.80. The predicted molar refractivity (Wildman–Crippen MR) is 82.1 cm³/mol. The molecule has 94 valence electrons. The van der Waals surface area contributed by atoms with Crippen LogP contribution in [0.15, 0.2) is 79.1 Å². The van der Waals surface area contributed by atoms with Crippen LogP contribution in [0.3, 0.4) is 0 Å². The first kappa shape index (κ1) is 12.2. The van der Waals surface area contributed by atoms with E-state index < -0.39 is 0 Å². The van der Waals surface area contributed by atoms with E-state index in [1.807, 2.05) is 54.6 Å². The first-order valence-electron chi connectivity index (χ1n) is 6.49. The fourth-order valence-electron chi connectivity index (χ4n) is 1.96. The summed E-state index contributed by atoms with van der Waals surface area (Å²) >= 11 is 0. The fraction of sp³-hybridized carbons (Fsp3) is 0. The van der Waals surface area contributed by atoms with Gasteiger partial charge in [-0.25, -0.2) is 0 Å².